The Morgan fingerprint density at radius 3 is 2.41 bits per heavy atom. The second-order valence-electron chi connectivity index (χ2n) is 6.48. The van der Waals surface area contributed by atoms with Crippen molar-refractivity contribution in [1.29, 1.82) is 0 Å². The van der Waals surface area contributed by atoms with Crippen LogP contribution in [0.2, 0.25) is 0 Å². The Balaban J connectivity index is 2.20. The first-order valence-corrected chi connectivity index (χ1v) is 8.42. The number of amides is 2. The van der Waals surface area contributed by atoms with Crippen molar-refractivity contribution in [1.82, 2.24) is 10.6 Å². The number of aromatic hydroxyl groups is 1. The Hall–Kier alpha value is -3.27. The molecule has 4 N–H and O–H groups in total. The van der Waals surface area contributed by atoms with E-state index in [1.54, 1.807) is 6.07 Å². The number of ketones is 1. The predicted octanol–water partition coefficient (Wildman–Crippen LogP) is 2.35. The first-order valence-electron chi connectivity index (χ1n) is 8.42. The van der Waals surface area contributed by atoms with Gasteiger partial charge in [-0.15, -0.1) is 0 Å². The van der Waals surface area contributed by atoms with Gasteiger partial charge in [-0.25, -0.2) is 4.79 Å². The molecule has 154 valence electrons. The number of hydrogen-bond acceptors (Lipinski definition) is 5. The number of carbonyl (C=O) groups excluding carboxylic acids is 2. The molecule has 0 saturated carbocycles. The number of hydrogen-bond donors (Lipinski definition) is 4. The summed E-state index contributed by atoms with van der Waals surface area (Å²) < 4.78 is 45.2. The highest BCUT2D eigenvalue weighted by atomic mass is 19.4. The number of phenols is 1. The van der Waals surface area contributed by atoms with Crippen molar-refractivity contribution >= 4 is 11.8 Å². The fraction of sp³-hybridized carbons (Fsp3) is 0.263. The van der Waals surface area contributed by atoms with E-state index >= 15 is 0 Å². The lowest BCUT2D eigenvalue weighted by atomic mass is 9.76. The number of rotatable bonds is 4. The molecule has 2 amide bonds. The van der Waals surface area contributed by atoms with Crippen LogP contribution in [0.15, 0.2) is 48.5 Å². The van der Waals surface area contributed by atoms with Crippen molar-refractivity contribution in [3.8, 4) is 11.5 Å². The van der Waals surface area contributed by atoms with Gasteiger partial charge in [0.2, 0.25) is 5.78 Å². The first kappa shape index (κ1) is 20.5. The number of urea groups is 1. The van der Waals surface area contributed by atoms with Crippen LogP contribution in [0.4, 0.5) is 18.0 Å². The van der Waals surface area contributed by atoms with Gasteiger partial charge < -0.3 is 25.6 Å². The van der Waals surface area contributed by atoms with E-state index in [-0.39, 0.29) is 22.6 Å². The predicted molar refractivity (Wildman–Crippen MR) is 94.0 cm³/mol. The van der Waals surface area contributed by atoms with Gasteiger partial charge in [0.05, 0.1) is 13.2 Å². The maximum absolute atomic E-state index is 13.4. The molecule has 0 unspecified atom stereocenters. The summed E-state index contributed by atoms with van der Waals surface area (Å²) in [6.07, 6.45) is -5.28. The van der Waals surface area contributed by atoms with Gasteiger partial charge in [0, 0.05) is 5.56 Å². The van der Waals surface area contributed by atoms with Gasteiger partial charge >= 0.3 is 12.2 Å². The van der Waals surface area contributed by atoms with E-state index in [9.17, 15) is 33.0 Å². The lowest BCUT2D eigenvalue weighted by Crippen LogP contribution is -2.66. The molecule has 1 aliphatic heterocycles. The van der Waals surface area contributed by atoms with Gasteiger partial charge in [-0.1, -0.05) is 36.4 Å². The van der Waals surface area contributed by atoms with Gasteiger partial charge in [-0.05, 0) is 17.7 Å². The minimum Gasteiger partial charge on any atom is -0.504 e. The van der Waals surface area contributed by atoms with Crippen LogP contribution in [0.1, 0.15) is 17.2 Å². The average molecular weight is 410 g/mol. The number of Topliss-reactive ketones (excluding diaryl/α,β-unsaturated/α-hetero) is 1. The minimum atomic E-state index is -5.28. The summed E-state index contributed by atoms with van der Waals surface area (Å²) in [5.41, 5.74) is -2.69. The minimum absolute atomic E-state index is 0.0338. The lowest BCUT2D eigenvalue weighted by Gasteiger charge is -2.45. The number of aliphatic hydroxyl groups is 1. The van der Waals surface area contributed by atoms with Crippen LogP contribution in [0.3, 0.4) is 0 Å². The van der Waals surface area contributed by atoms with E-state index in [1.807, 2.05) is 0 Å². The highest BCUT2D eigenvalue weighted by Gasteiger charge is 2.59. The molecule has 0 bridgehead atoms. The second kappa shape index (κ2) is 7.28. The van der Waals surface area contributed by atoms with Crippen LogP contribution in [0, 0.1) is 5.92 Å². The maximum atomic E-state index is 13.4. The normalized spacial score (nSPS) is 24.4. The third-order valence-electron chi connectivity index (χ3n) is 4.71. The molecule has 3 rings (SSSR count). The molecule has 0 radical (unpaired) electrons. The van der Waals surface area contributed by atoms with Crippen molar-refractivity contribution in [3.63, 3.8) is 0 Å². The zero-order valence-electron chi connectivity index (χ0n) is 15.0. The first-order chi connectivity index (χ1) is 13.6. The largest absolute Gasteiger partial charge is 0.504 e. The van der Waals surface area contributed by atoms with Gasteiger partial charge in [-0.3, -0.25) is 4.79 Å². The average Bonchev–Trinajstić information content (AvgIpc) is 2.67. The number of benzene rings is 2. The maximum Gasteiger partial charge on any atom is 0.450 e. The van der Waals surface area contributed by atoms with Crippen molar-refractivity contribution in [2.45, 2.75) is 17.9 Å². The molecule has 10 heteroatoms. The Morgan fingerprint density at radius 2 is 1.83 bits per heavy atom. The van der Waals surface area contributed by atoms with E-state index in [0.29, 0.717) is 0 Å². The number of nitrogens with one attached hydrogen (secondary N) is 2. The third-order valence-corrected chi connectivity index (χ3v) is 4.71. The quantitative estimate of drug-likeness (QED) is 0.619. The standard InChI is InChI=1S/C19H17F3N2O5/c1-29-13-9-10(7-8-12(13)25)15-14(16(26)19(20,21)22)18(28,24-17(27)23-15)11-5-3-2-4-6-11/h2-9,14-15,25,28H,1H3,(H2,23,24,27)/t14-,15-,18+/m0/s1. The molecule has 7 nitrogen and oxygen atoms in total. The van der Waals surface area contributed by atoms with E-state index < -0.39 is 35.7 Å². The van der Waals surface area contributed by atoms with Crippen molar-refractivity contribution in [2.24, 2.45) is 5.92 Å². The molecule has 1 heterocycles. The van der Waals surface area contributed by atoms with E-state index in [4.69, 9.17) is 4.74 Å². The van der Waals surface area contributed by atoms with Crippen LogP contribution < -0.4 is 15.4 Å². The number of carbonyl (C=O) groups is 2. The topological polar surface area (TPSA) is 108 Å². The van der Waals surface area contributed by atoms with E-state index in [1.165, 1.54) is 43.5 Å². The molecule has 0 spiro atoms. The van der Waals surface area contributed by atoms with Crippen LogP contribution in [-0.4, -0.2) is 35.3 Å². The summed E-state index contributed by atoms with van der Waals surface area (Å²) in [5.74, 6) is -4.74. The molecule has 0 aromatic heterocycles. The zero-order valence-corrected chi connectivity index (χ0v) is 15.0. The Kier molecular flexibility index (Phi) is 5.14. The molecule has 1 aliphatic rings. The number of methoxy groups -OCH3 is 1. The van der Waals surface area contributed by atoms with Gasteiger partial charge in [-0.2, -0.15) is 13.2 Å². The molecule has 0 aliphatic carbocycles. The molecule has 2 aromatic rings. The smallest absolute Gasteiger partial charge is 0.450 e. The Bertz CT molecular complexity index is 935. The van der Waals surface area contributed by atoms with Crippen molar-refractivity contribution < 1.29 is 37.7 Å². The summed E-state index contributed by atoms with van der Waals surface area (Å²) in [7, 11) is 1.23. The van der Waals surface area contributed by atoms with Gasteiger partial charge in [0.1, 0.15) is 5.92 Å². The summed E-state index contributed by atoms with van der Waals surface area (Å²) in [4.78, 5) is 24.6. The lowest BCUT2D eigenvalue weighted by molar-refractivity contribution is -0.190. The SMILES string of the molecule is COc1cc([C@@H]2NC(=O)N[C@@](O)(c3ccccc3)[C@@H]2C(=O)C(F)(F)F)ccc1O. The summed E-state index contributed by atoms with van der Waals surface area (Å²) in [6.45, 7) is 0. The summed E-state index contributed by atoms with van der Waals surface area (Å²) >= 11 is 0. The number of ether oxygens (including phenoxy) is 1. The van der Waals surface area contributed by atoms with E-state index in [0.717, 1.165) is 6.07 Å². The fourth-order valence-electron chi connectivity index (χ4n) is 3.38. The summed E-state index contributed by atoms with van der Waals surface area (Å²) in [5, 5.41) is 25.2. The van der Waals surface area contributed by atoms with Crippen LogP contribution in [0.25, 0.3) is 0 Å². The molecule has 1 saturated heterocycles. The molecule has 29 heavy (non-hydrogen) atoms. The monoisotopic (exact) mass is 410 g/mol. The highest BCUT2D eigenvalue weighted by Crippen LogP contribution is 2.44. The third kappa shape index (κ3) is 3.70. The van der Waals surface area contributed by atoms with Crippen LogP contribution in [0.5, 0.6) is 11.5 Å². The van der Waals surface area contributed by atoms with E-state index in [2.05, 4.69) is 10.6 Å². The number of halogens is 3. The molecule has 1 fully saturated rings. The fourth-order valence-corrected chi connectivity index (χ4v) is 3.38. The van der Waals surface area contributed by atoms with Crippen LogP contribution >= 0.6 is 0 Å². The highest BCUT2D eigenvalue weighted by molar-refractivity contribution is 5.91. The molecular formula is C19H17F3N2O5. The second-order valence-corrected chi connectivity index (χ2v) is 6.48. The van der Waals surface area contributed by atoms with Crippen molar-refractivity contribution in [2.75, 3.05) is 7.11 Å². The van der Waals surface area contributed by atoms with Gasteiger partial charge in [0.15, 0.2) is 17.2 Å². The van der Waals surface area contributed by atoms with Crippen molar-refractivity contribution in [3.05, 3.63) is 59.7 Å². The molecule has 2 aromatic carbocycles. The zero-order chi connectivity index (χ0) is 21.4. The number of alkyl halides is 3. The summed E-state index contributed by atoms with van der Waals surface area (Å²) in [6, 6.07) is 8.12. The molecular weight excluding hydrogens is 393 g/mol. The molecule has 3 atom stereocenters. The Morgan fingerprint density at radius 1 is 1.17 bits per heavy atom. The van der Waals surface area contributed by atoms with Gasteiger partial charge in [0.25, 0.3) is 0 Å². The van der Waals surface area contributed by atoms with Crippen LogP contribution in [-0.2, 0) is 10.5 Å². The Labute approximate surface area is 163 Å². The number of phenolic OH excluding ortho intramolecular Hbond substituents is 1.